The maximum atomic E-state index is 13.4. The molecule has 6 unspecified atom stereocenters. The highest BCUT2D eigenvalue weighted by Crippen LogP contribution is 2.62. The van der Waals surface area contributed by atoms with Crippen LogP contribution in [0.15, 0.2) is 102 Å². The van der Waals surface area contributed by atoms with Gasteiger partial charge in [0, 0.05) is 44.2 Å². The summed E-state index contributed by atoms with van der Waals surface area (Å²) in [5, 5.41) is 36.0. The number of methoxy groups -OCH3 is 1. The van der Waals surface area contributed by atoms with Crippen molar-refractivity contribution in [1.82, 2.24) is 4.90 Å². The Kier molecular flexibility index (Phi) is 13.4. The Hall–Kier alpha value is -5.24. The summed E-state index contributed by atoms with van der Waals surface area (Å²) >= 11 is 0. The molecule has 13 nitrogen and oxygen atoms in total. The minimum atomic E-state index is -1.42. The van der Waals surface area contributed by atoms with Gasteiger partial charge in [-0.05, 0) is 72.9 Å². The molecule has 1 heterocycles. The second-order valence-corrected chi connectivity index (χ2v) is 14.5. The van der Waals surface area contributed by atoms with Crippen LogP contribution in [0.2, 0.25) is 0 Å². The minimum absolute atomic E-state index is 0.00471. The molecule has 3 aliphatic rings. The average Bonchev–Trinajstić information content (AvgIpc) is 3.21. The van der Waals surface area contributed by atoms with E-state index >= 15 is 0 Å². The van der Waals surface area contributed by atoms with Gasteiger partial charge in [0.2, 0.25) is 5.79 Å². The molecule has 0 spiro atoms. The van der Waals surface area contributed by atoms with Crippen LogP contribution in [0.3, 0.4) is 0 Å². The number of nitrogens with zero attached hydrogens (tertiary/aromatic N) is 3. The van der Waals surface area contributed by atoms with Crippen LogP contribution in [0.4, 0.5) is 10.5 Å². The number of ether oxygens (including phenoxy) is 4. The van der Waals surface area contributed by atoms with Crippen LogP contribution in [-0.4, -0.2) is 77.6 Å². The van der Waals surface area contributed by atoms with E-state index in [1.807, 2.05) is 42.5 Å². The number of aliphatic hydroxyl groups excluding tert-OH is 2. The van der Waals surface area contributed by atoms with Crippen molar-refractivity contribution in [3.63, 3.8) is 0 Å². The second-order valence-electron chi connectivity index (χ2n) is 14.5. The summed E-state index contributed by atoms with van der Waals surface area (Å²) in [5.74, 6) is -0.842. The Morgan fingerprint density at radius 3 is 2.50 bits per heavy atom. The molecule has 2 aliphatic carbocycles. The van der Waals surface area contributed by atoms with Gasteiger partial charge in [-0.2, -0.15) is 0 Å². The zero-order valence-electron chi connectivity index (χ0n) is 32.0. The standard InChI is InChI=1S/C43H51N3O10/c1-4-23-53-43-39(45(2)42(49)52-3)27-37(44-54-28-29-13-6-5-7-14-29)35-24-30(15-8-10-21-47)34(18-9-11-22-48)40(41(35)43)36-26-33(19-20-38(36)56-43)55-32-17-12-16-31(25-32)46(50)51/h4-7,12-14,16-17,19-20,24-26,30,34,39-41,47-48H,1,8-11,15,18,21-23,27-28H2,2-3H3. The number of fused-ring (bicyclic) bond motifs is 2. The van der Waals surface area contributed by atoms with Gasteiger partial charge in [0.15, 0.2) is 0 Å². The summed E-state index contributed by atoms with van der Waals surface area (Å²) in [6.07, 6.45) is 7.97. The summed E-state index contributed by atoms with van der Waals surface area (Å²) in [6.45, 7) is 4.45. The van der Waals surface area contributed by atoms with Gasteiger partial charge in [-0.1, -0.05) is 66.5 Å². The summed E-state index contributed by atoms with van der Waals surface area (Å²) in [7, 11) is 3.00. The zero-order valence-corrected chi connectivity index (χ0v) is 32.0. The smallest absolute Gasteiger partial charge is 0.409 e. The number of rotatable bonds is 18. The van der Waals surface area contributed by atoms with E-state index in [1.165, 1.54) is 24.1 Å². The van der Waals surface area contributed by atoms with Gasteiger partial charge in [0.25, 0.3) is 5.69 Å². The van der Waals surface area contributed by atoms with Crippen LogP contribution >= 0.6 is 0 Å². The van der Waals surface area contributed by atoms with Crippen molar-refractivity contribution in [2.75, 3.05) is 34.0 Å². The fourth-order valence-corrected chi connectivity index (χ4v) is 8.62. The lowest BCUT2D eigenvalue weighted by Gasteiger charge is -2.59. The number of aliphatic hydroxyl groups is 2. The molecular formula is C43H51N3O10. The van der Waals surface area contributed by atoms with Crippen molar-refractivity contribution in [2.24, 2.45) is 22.9 Å². The maximum Gasteiger partial charge on any atom is 0.409 e. The van der Waals surface area contributed by atoms with E-state index in [0.717, 1.165) is 42.4 Å². The predicted octanol–water partition coefficient (Wildman–Crippen LogP) is 7.92. The summed E-state index contributed by atoms with van der Waals surface area (Å²) in [6, 6.07) is 20.6. The monoisotopic (exact) mass is 769 g/mol. The van der Waals surface area contributed by atoms with Crippen LogP contribution in [0.5, 0.6) is 17.2 Å². The number of benzene rings is 3. The molecule has 1 saturated carbocycles. The number of carbonyl (C=O) groups excluding carboxylic acids is 1. The largest absolute Gasteiger partial charge is 0.459 e. The van der Waals surface area contributed by atoms with Crippen molar-refractivity contribution in [1.29, 1.82) is 0 Å². The minimum Gasteiger partial charge on any atom is -0.459 e. The number of nitro groups is 1. The summed E-state index contributed by atoms with van der Waals surface area (Å²) in [4.78, 5) is 32.1. The van der Waals surface area contributed by atoms with E-state index in [9.17, 15) is 25.1 Å². The normalized spacial score (nSPS) is 24.2. The predicted molar refractivity (Wildman–Crippen MR) is 210 cm³/mol. The number of nitro benzene ring substituents is 1. The van der Waals surface area contributed by atoms with Crippen molar-refractivity contribution in [2.45, 2.75) is 69.3 Å². The average molecular weight is 770 g/mol. The molecule has 6 atom stereocenters. The molecule has 2 N–H and O–H groups in total. The first kappa shape index (κ1) is 40.4. The Labute approximate surface area is 327 Å². The lowest BCUT2D eigenvalue weighted by Crippen LogP contribution is -2.69. The number of hydrogen-bond acceptors (Lipinski definition) is 11. The third kappa shape index (κ3) is 8.59. The van der Waals surface area contributed by atoms with Gasteiger partial charge in [-0.15, -0.1) is 6.58 Å². The number of allylic oxidation sites excluding steroid dienone is 1. The fourth-order valence-electron chi connectivity index (χ4n) is 8.62. The zero-order chi connectivity index (χ0) is 39.7. The van der Waals surface area contributed by atoms with Crippen molar-refractivity contribution < 1.29 is 43.7 Å². The molecule has 6 rings (SSSR count). The molecule has 0 bridgehead atoms. The molecule has 298 valence electrons. The van der Waals surface area contributed by atoms with Gasteiger partial charge in [-0.25, -0.2) is 4.79 Å². The first-order chi connectivity index (χ1) is 27.2. The van der Waals surface area contributed by atoms with Gasteiger partial charge in [0.05, 0.1) is 36.3 Å². The SMILES string of the molecule is C=CCOC12Oc3ccc(Oc4cccc([N+](=O)[O-])c4)cc3C3C(CCCCO)C(CCCCO)C=C(C(=NOCc4ccccc4)CC1N(C)C(=O)OC)C32. The Morgan fingerprint density at radius 2 is 1.79 bits per heavy atom. The first-order valence-corrected chi connectivity index (χ1v) is 19.2. The summed E-state index contributed by atoms with van der Waals surface area (Å²) < 4.78 is 25.5. The van der Waals surface area contributed by atoms with Gasteiger partial charge in [0.1, 0.15) is 29.9 Å². The number of unbranched alkanes of at least 4 members (excludes halogenated alkanes) is 2. The highest BCUT2D eigenvalue weighted by Gasteiger charge is 2.65. The number of amides is 1. The number of hydrogen-bond donors (Lipinski definition) is 2. The number of likely N-dealkylation sites (N-methyl/N-ethyl adjacent to an activating group) is 1. The first-order valence-electron chi connectivity index (χ1n) is 19.2. The van der Waals surface area contributed by atoms with E-state index in [-0.39, 0.29) is 56.3 Å². The molecule has 1 aliphatic heterocycles. The van der Waals surface area contributed by atoms with E-state index in [0.29, 0.717) is 35.8 Å². The molecule has 0 aromatic heterocycles. The second kappa shape index (κ2) is 18.6. The van der Waals surface area contributed by atoms with Crippen LogP contribution in [0.25, 0.3) is 0 Å². The Balaban J connectivity index is 1.55. The molecule has 1 amide bonds. The molecule has 56 heavy (non-hydrogen) atoms. The number of carbonyl (C=O) groups is 1. The number of non-ortho nitro benzene ring substituents is 1. The van der Waals surface area contributed by atoms with Crippen LogP contribution in [0, 0.1) is 27.9 Å². The van der Waals surface area contributed by atoms with Gasteiger partial charge >= 0.3 is 6.09 Å². The van der Waals surface area contributed by atoms with Crippen LogP contribution in [0.1, 0.15) is 62.0 Å². The van der Waals surface area contributed by atoms with Gasteiger partial charge < -0.3 is 38.9 Å². The molecule has 0 radical (unpaired) electrons. The lowest BCUT2D eigenvalue weighted by atomic mass is 9.55. The van der Waals surface area contributed by atoms with E-state index in [4.69, 9.17) is 28.9 Å². The third-order valence-electron chi connectivity index (χ3n) is 11.1. The molecular weight excluding hydrogens is 718 g/mol. The number of oxime groups is 1. The van der Waals surface area contributed by atoms with E-state index in [2.05, 4.69) is 12.7 Å². The Bertz CT molecular complexity index is 1900. The lowest BCUT2D eigenvalue weighted by molar-refractivity contribution is -0.384. The molecule has 3 aromatic carbocycles. The molecule has 1 fully saturated rings. The van der Waals surface area contributed by atoms with Crippen LogP contribution < -0.4 is 9.47 Å². The van der Waals surface area contributed by atoms with Gasteiger partial charge in [-0.3, -0.25) is 10.1 Å². The molecule has 0 saturated heterocycles. The quantitative estimate of drug-likeness (QED) is 0.0563. The highest BCUT2D eigenvalue weighted by molar-refractivity contribution is 6.02. The maximum absolute atomic E-state index is 13.4. The van der Waals surface area contributed by atoms with Crippen molar-refractivity contribution in [3.05, 3.63) is 118 Å². The van der Waals surface area contributed by atoms with E-state index in [1.54, 1.807) is 31.3 Å². The summed E-state index contributed by atoms with van der Waals surface area (Å²) in [5.41, 5.74) is 3.27. The highest BCUT2D eigenvalue weighted by atomic mass is 16.7. The van der Waals surface area contributed by atoms with Crippen molar-refractivity contribution >= 4 is 17.5 Å². The molecule has 13 heteroatoms. The van der Waals surface area contributed by atoms with Crippen molar-refractivity contribution in [3.8, 4) is 17.2 Å². The fraction of sp³-hybridized carbons (Fsp3) is 0.442. The Morgan fingerprint density at radius 1 is 1.04 bits per heavy atom. The van der Waals surface area contributed by atoms with Crippen LogP contribution in [-0.2, 0) is 20.9 Å². The molecule has 3 aromatic rings. The third-order valence-corrected chi connectivity index (χ3v) is 11.1. The van der Waals surface area contributed by atoms with E-state index < -0.39 is 28.8 Å². The topological polar surface area (TPSA) is 162 Å².